The van der Waals surface area contributed by atoms with E-state index in [1.165, 1.54) is 32.9 Å². The first-order valence-corrected chi connectivity index (χ1v) is 6.34. The first-order chi connectivity index (χ1) is 9.82. The molecule has 0 bridgehead atoms. The minimum Gasteiger partial charge on any atom is -0.486 e. The first kappa shape index (κ1) is 15.4. The molecule has 0 aromatic heterocycles. The zero-order valence-corrected chi connectivity index (χ0v) is 11.9. The fourth-order valence-electron chi connectivity index (χ4n) is 1.94. The van der Waals surface area contributed by atoms with Crippen LogP contribution in [0.5, 0.6) is 5.75 Å². The van der Waals surface area contributed by atoms with Gasteiger partial charge in [-0.1, -0.05) is 6.07 Å². The number of benzene rings is 2. The van der Waals surface area contributed by atoms with E-state index in [1.54, 1.807) is 0 Å². The molecule has 0 amide bonds. The molecule has 0 radical (unpaired) electrons. The molecule has 0 aliphatic rings. The zero-order chi connectivity index (χ0) is 15.7. The summed E-state index contributed by atoms with van der Waals surface area (Å²) in [5, 5.41) is 0. The number of ether oxygens (including phenoxy) is 1. The van der Waals surface area contributed by atoms with Crippen molar-refractivity contribution < 1.29 is 22.3 Å². The van der Waals surface area contributed by atoms with Crippen molar-refractivity contribution >= 4 is 0 Å². The van der Waals surface area contributed by atoms with E-state index >= 15 is 0 Å². The SMILES string of the molecule is Cc1ccc(OCc2cc(F)c(C)c(F)c2C)c(F)c1F. The largest absolute Gasteiger partial charge is 0.486 e. The van der Waals surface area contributed by atoms with E-state index in [9.17, 15) is 17.6 Å². The maximum Gasteiger partial charge on any atom is 0.200 e. The third kappa shape index (κ3) is 2.86. The smallest absolute Gasteiger partial charge is 0.200 e. The number of halogens is 4. The van der Waals surface area contributed by atoms with Crippen molar-refractivity contribution in [1.82, 2.24) is 0 Å². The molecule has 0 saturated carbocycles. The van der Waals surface area contributed by atoms with Crippen molar-refractivity contribution in [2.75, 3.05) is 0 Å². The van der Waals surface area contributed by atoms with Crippen LogP contribution in [0.15, 0.2) is 18.2 Å². The molecule has 0 atom stereocenters. The van der Waals surface area contributed by atoms with Crippen LogP contribution in [0.4, 0.5) is 17.6 Å². The lowest BCUT2D eigenvalue weighted by molar-refractivity contribution is 0.282. The topological polar surface area (TPSA) is 9.23 Å². The monoisotopic (exact) mass is 298 g/mol. The van der Waals surface area contributed by atoms with Crippen molar-refractivity contribution in [2.24, 2.45) is 0 Å². The molecule has 5 heteroatoms. The first-order valence-electron chi connectivity index (χ1n) is 6.34. The quantitative estimate of drug-likeness (QED) is 0.743. The number of hydrogen-bond acceptors (Lipinski definition) is 1. The summed E-state index contributed by atoms with van der Waals surface area (Å²) in [6.45, 7) is 3.99. The summed E-state index contributed by atoms with van der Waals surface area (Å²) < 4.78 is 59.4. The molecular weight excluding hydrogens is 284 g/mol. The molecule has 0 unspecified atom stereocenters. The molecule has 0 aliphatic heterocycles. The summed E-state index contributed by atoms with van der Waals surface area (Å²) in [4.78, 5) is 0. The van der Waals surface area contributed by atoms with Crippen LogP contribution in [0.25, 0.3) is 0 Å². The van der Waals surface area contributed by atoms with Gasteiger partial charge in [0.15, 0.2) is 11.6 Å². The molecule has 1 nitrogen and oxygen atoms in total. The van der Waals surface area contributed by atoms with Crippen LogP contribution in [0.1, 0.15) is 22.3 Å². The Morgan fingerprint density at radius 2 is 1.52 bits per heavy atom. The summed E-state index contributed by atoms with van der Waals surface area (Å²) in [6.07, 6.45) is 0. The molecule has 2 aromatic rings. The number of aryl methyl sites for hydroxylation is 1. The van der Waals surface area contributed by atoms with Crippen LogP contribution in [0.3, 0.4) is 0 Å². The van der Waals surface area contributed by atoms with Gasteiger partial charge in [-0.15, -0.1) is 0 Å². The van der Waals surface area contributed by atoms with E-state index in [2.05, 4.69) is 0 Å². The molecule has 21 heavy (non-hydrogen) atoms. The van der Waals surface area contributed by atoms with Gasteiger partial charge in [-0.25, -0.2) is 13.2 Å². The van der Waals surface area contributed by atoms with E-state index in [4.69, 9.17) is 4.74 Å². The minimum absolute atomic E-state index is 0.0798. The summed E-state index contributed by atoms with van der Waals surface area (Å²) in [7, 11) is 0. The van der Waals surface area contributed by atoms with Crippen molar-refractivity contribution in [3.05, 3.63) is 63.7 Å². The van der Waals surface area contributed by atoms with Gasteiger partial charge in [0, 0.05) is 5.56 Å². The normalized spacial score (nSPS) is 10.8. The third-order valence-electron chi connectivity index (χ3n) is 3.42. The lowest BCUT2D eigenvalue weighted by atomic mass is 10.0. The highest BCUT2D eigenvalue weighted by atomic mass is 19.2. The Hall–Kier alpha value is -2.04. The van der Waals surface area contributed by atoms with Gasteiger partial charge in [-0.3, -0.25) is 0 Å². The molecule has 2 rings (SSSR count). The second-order valence-corrected chi connectivity index (χ2v) is 4.88. The lowest BCUT2D eigenvalue weighted by Crippen LogP contribution is -2.05. The Labute approximate surface area is 120 Å². The fraction of sp³-hybridized carbons (Fsp3) is 0.250. The predicted molar refractivity (Wildman–Crippen MR) is 71.3 cm³/mol. The van der Waals surface area contributed by atoms with Crippen molar-refractivity contribution in [3.8, 4) is 5.75 Å². The molecule has 0 aliphatic carbocycles. The van der Waals surface area contributed by atoms with Gasteiger partial charge in [0.1, 0.15) is 18.2 Å². The highest BCUT2D eigenvalue weighted by Crippen LogP contribution is 2.25. The van der Waals surface area contributed by atoms with Crippen LogP contribution < -0.4 is 4.74 Å². The second kappa shape index (κ2) is 5.76. The summed E-state index contributed by atoms with van der Waals surface area (Å²) in [5.74, 6) is -3.76. The maximum atomic E-state index is 13.7. The van der Waals surface area contributed by atoms with E-state index < -0.39 is 23.3 Å². The highest BCUT2D eigenvalue weighted by Gasteiger charge is 2.15. The van der Waals surface area contributed by atoms with Crippen LogP contribution in [0.2, 0.25) is 0 Å². The van der Waals surface area contributed by atoms with Gasteiger partial charge in [0.05, 0.1) is 0 Å². The van der Waals surface area contributed by atoms with E-state index in [0.29, 0.717) is 0 Å². The van der Waals surface area contributed by atoms with E-state index in [0.717, 1.165) is 6.07 Å². The molecule has 0 N–H and O–H groups in total. The van der Waals surface area contributed by atoms with Crippen LogP contribution >= 0.6 is 0 Å². The van der Waals surface area contributed by atoms with Gasteiger partial charge in [0.2, 0.25) is 5.82 Å². The molecule has 0 spiro atoms. The van der Waals surface area contributed by atoms with Gasteiger partial charge in [-0.05, 0) is 49.6 Å². The average molecular weight is 298 g/mol. The van der Waals surface area contributed by atoms with Crippen LogP contribution in [0, 0.1) is 44.0 Å². The Morgan fingerprint density at radius 3 is 2.19 bits per heavy atom. The molecule has 2 aromatic carbocycles. The van der Waals surface area contributed by atoms with Gasteiger partial charge >= 0.3 is 0 Å². The number of hydrogen-bond donors (Lipinski definition) is 0. The van der Waals surface area contributed by atoms with Crippen molar-refractivity contribution in [2.45, 2.75) is 27.4 Å². The van der Waals surface area contributed by atoms with Gasteiger partial charge in [0.25, 0.3) is 0 Å². The second-order valence-electron chi connectivity index (χ2n) is 4.88. The van der Waals surface area contributed by atoms with Crippen LogP contribution in [-0.2, 0) is 6.61 Å². The van der Waals surface area contributed by atoms with E-state index in [-0.39, 0.29) is 34.6 Å². The Morgan fingerprint density at radius 1 is 0.857 bits per heavy atom. The third-order valence-corrected chi connectivity index (χ3v) is 3.42. The zero-order valence-electron chi connectivity index (χ0n) is 11.9. The highest BCUT2D eigenvalue weighted by molar-refractivity contribution is 5.34. The Balaban J connectivity index is 2.27. The molecule has 0 fully saturated rings. The van der Waals surface area contributed by atoms with Crippen molar-refractivity contribution in [1.29, 1.82) is 0 Å². The molecule has 0 saturated heterocycles. The Kier molecular flexibility index (Phi) is 4.21. The van der Waals surface area contributed by atoms with E-state index in [1.807, 2.05) is 0 Å². The summed E-state index contributed by atoms with van der Waals surface area (Å²) in [6, 6.07) is 3.79. The minimum atomic E-state index is -1.11. The standard InChI is InChI=1S/C16H14F4O/c1-8-4-5-13(16(20)14(8)18)21-7-11-6-12(17)10(3)15(19)9(11)2/h4-6H,7H2,1-3H3. The number of rotatable bonds is 3. The Bertz CT molecular complexity index is 695. The summed E-state index contributed by atoms with van der Waals surface area (Å²) in [5.41, 5.74) is 0.546. The van der Waals surface area contributed by atoms with Gasteiger partial charge in [-0.2, -0.15) is 4.39 Å². The fourth-order valence-corrected chi connectivity index (χ4v) is 1.94. The predicted octanol–water partition coefficient (Wildman–Crippen LogP) is 4.75. The molecule has 112 valence electrons. The average Bonchev–Trinajstić information content (AvgIpc) is 2.46. The van der Waals surface area contributed by atoms with Crippen molar-refractivity contribution in [3.63, 3.8) is 0 Å². The molecular formula is C16H14F4O. The maximum absolute atomic E-state index is 13.7. The lowest BCUT2D eigenvalue weighted by Gasteiger charge is -2.12. The van der Waals surface area contributed by atoms with Gasteiger partial charge < -0.3 is 4.74 Å². The molecule has 0 heterocycles. The van der Waals surface area contributed by atoms with Crippen LogP contribution in [-0.4, -0.2) is 0 Å². The summed E-state index contributed by atoms with van der Waals surface area (Å²) >= 11 is 0.